The van der Waals surface area contributed by atoms with Gasteiger partial charge in [0, 0.05) is 42.2 Å². The Kier molecular flexibility index (Phi) is 12.4. The second-order valence-corrected chi connectivity index (χ2v) is 20.5. The van der Waals surface area contributed by atoms with Crippen molar-refractivity contribution in [2.75, 3.05) is 25.5 Å². The molecule has 1 saturated heterocycles. The molecule has 0 spiro atoms. The van der Waals surface area contributed by atoms with E-state index in [4.69, 9.17) is 23.5 Å². The number of aromatic nitrogens is 1. The monoisotopic (exact) mass is 705 g/mol. The Morgan fingerprint density at radius 2 is 1.68 bits per heavy atom. The lowest BCUT2D eigenvalue weighted by atomic mass is 9.85. The Morgan fingerprint density at radius 3 is 2.30 bits per heavy atom. The molecule has 1 amide bonds. The van der Waals surface area contributed by atoms with Gasteiger partial charge in [0.1, 0.15) is 22.8 Å². The van der Waals surface area contributed by atoms with Crippen LogP contribution in [0.5, 0.6) is 17.2 Å². The molecule has 50 heavy (non-hydrogen) atoms. The van der Waals surface area contributed by atoms with Gasteiger partial charge >= 0.3 is 6.16 Å². The third kappa shape index (κ3) is 11.6. The van der Waals surface area contributed by atoms with Crippen LogP contribution in [0.2, 0.25) is 19.6 Å². The van der Waals surface area contributed by atoms with Crippen LogP contribution in [0.3, 0.4) is 0 Å². The minimum absolute atomic E-state index is 0.151. The Balaban J connectivity index is 1.44. The smallest absolute Gasteiger partial charge is 0.494 e. The molecule has 4 rings (SSSR count). The lowest BCUT2D eigenvalue weighted by Gasteiger charge is -2.30. The number of piperidine rings is 1. The van der Waals surface area contributed by atoms with E-state index >= 15 is 0 Å². The summed E-state index contributed by atoms with van der Waals surface area (Å²) in [5, 5.41) is 4.77. The van der Waals surface area contributed by atoms with Crippen LogP contribution in [-0.4, -0.2) is 56.2 Å². The van der Waals surface area contributed by atoms with Crippen molar-refractivity contribution in [1.29, 1.82) is 0 Å². The SMILES string of the molecule is COc1c(CO[Si](C)(C)C)cc(C(C)(C)C)cc1NC(=O)c1ccc(C)c(Oc2ccnc(CC3CCN(OC(=O)OC(C)(C)C)CC3)c2)c1. The predicted octanol–water partition coefficient (Wildman–Crippen LogP) is 9.21. The third-order valence-corrected chi connectivity index (χ3v) is 9.29. The lowest BCUT2D eigenvalue weighted by molar-refractivity contribution is -0.155. The van der Waals surface area contributed by atoms with Crippen LogP contribution in [0.15, 0.2) is 48.7 Å². The maximum Gasteiger partial charge on any atom is 0.528 e. The van der Waals surface area contributed by atoms with E-state index in [0.29, 0.717) is 54.1 Å². The minimum atomic E-state index is -1.80. The lowest BCUT2D eigenvalue weighted by Crippen LogP contribution is -2.38. The number of nitrogens with one attached hydrogen (secondary N) is 1. The number of hydrogen-bond donors (Lipinski definition) is 1. The number of hydroxylamine groups is 2. The summed E-state index contributed by atoms with van der Waals surface area (Å²) in [5.41, 5.74) is 4.10. The van der Waals surface area contributed by atoms with Crippen molar-refractivity contribution >= 4 is 26.1 Å². The number of pyridine rings is 1. The van der Waals surface area contributed by atoms with Crippen LogP contribution in [0.25, 0.3) is 0 Å². The van der Waals surface area contributed by atoms with E-state index in [9.17, 15) is 9.59 Å². The number of methoxy groups -OCH3 is 1. The fraction of sp³-hybridized carbons (Fsp3) is 0.513. The number of ether oxygens (including phenoxy) is 3. The number of benzene rings is 2. The fourth-order valence-corrected chi connectivity index (χ4v) is 6.12. The molecule has 1 aromatic heterocycles. The van der Waals surface area contributed by atoms with Crippen LogP contribution >= 0.6 is 0 Å². The number of carbonyl (C=O) groups excluding carboxylic acids is 2. The number of rotatable bonds is 11. The summed E-state index contributed by atoms with van der Waals surface area (Å²) in [6.45, 7) is 21.9. The van der Waals surface area contributed by atoms with E-state index < -0.39 is 20.1 Å². The van der Waals surface area contributed by atoms with E-state index in [1.807, 2.05) is 52.0 Å². The molecule has 0 atom stereocenters. The highest BCUT2D eigenvalue weighted by Crippen LogP contribution is 2.37. The Labute approximate surface area is 298 Å². The summed E-state index contributed by atoms with van der Waals surface area (Å²) in [5.74, 6) is 1.95. The molecule has 3 aromatic rings. The van der Waals surface area contributed by atoms with Gasteiger partial charge in [0.15, 0.2) is 8.32 Å². The number of anilines is 1. The summed E-state index contributed by atoms with van der Waals surface area (Å²) >= 11 is 0. The van der Waals surface area contributed by atoms with Crippen LogP contribution in [-0.2, 0) is 32.4 Å². The van der Waals surface area contributed by atoms with Gasteiger partial charge in [-0.3, -0.25) is 9.78 Å². The van der Waals surface area contributed by atoms with Gasteiger partial charge in [-0.05, 0) is 119 Å². The van der Waals surface area contributed by atoms with E-state index in [2.05, 4.69) is 56.8 Å². The standard InChI is InChI=1S/C39H55N3O7Si/c1-26-12-13-28(36(43)41-33-23-30(38(2,3)4)21-29(35(33)45-8)25-46-50(9,10)11)22-34(26)47-32-14-17-40-31(24-32)20-27-15-18-42(19-16-27)49-37(44)48-39(5,6)7/h12-14,17,21-24,27H,15-16,18-20,25H2,1-11H3,(H,41,43). The van der Waals surface area contributed by atoms with Crippen molar-refractivity contribution < 1.29 is 33.1 Å². The van der Waals surface area contributed by atoms with Gasteiger partial charge in [0.2, 0.25) is 0 Å². The van der Waals surface area contributed by atoms with Crippen molar-refractivity contribution in [3.8, 4) is 17.2 Å². The van der Waals surface area contributed by atoms with Crippen LogP contribution in [0.1, 0.15) is 87.1 Å². The first kappa shape index (κ1) is 38.9. The van der Waals surface area contributed by atoms with Crippen LogP contribution < -0.4 is 14.8 Å². The highest BCUT2D eigenvalue weighted by atomic mass is 28.4. The number of aryl methyl sites for hydroxylation is 1. The number of nitrogens with zero attached hydrogens (tertiary/aromatic N) is 2. The number of carbonyl (C=O) groups is 2. The second-order valence-electron chi connectivity index (χ2n) is 16.0. The molecule has 272 valence electrons. The largest absolute Gasteiger partial charge is 0.528 e. The summed E-state index contributed by atoms with van der Waals surface area (Å²) in [7, 11) is -0.179. The molecule has 1 N–H and O–H groups in total. The van der Waals surface area contributed by atoms with Gasteiger partial charge in [-0.2, -0.15) is 0 Å². The van der Waals surface area contributed by atoms with Crippen molar-refractivity contribution in [2.24, 2.45) is 5.92 Å². The predicted molar refractivity (Wildman–Crippen MR) is 199 cm³/mol. The van der Waals surface area contributed by atoms with Gasteiger partial charge in [-0.15, -0.1) is 5.06 Å². The quantitative estimate of drug-likeness (QED) is 0.154. The van der Waals surface area contributed by atoms with Crippen LogP contribution in [0, 0.1) is 12.8 Å². The van der Waals surface area contributed by atoms with E-state index in [-0.39, 0.29) is 11.3 Å². The normalized spacial score (nSPS) is 14.6. The molecular weight excluding hydrogens is 651 g/mol. The van der Waals surface area contributed by atoms with E-state index in [1.54, 1.807) is 30.5 Å². The molecule has 2 aromatic carbocycles. The van der Waals surface area contributed by atoms with Crippen molar-refractivity contribution in [3.05, 3.63) is 76.6 Å². The molecule has 0 radical (unpaired) electrons. The number of hydrogen-bond acceptors (Lipinski definition) is 9. The van der Waals surface area contributed by atoms with Crippen molar-refractivity contribution in [2.45, 2.75) is 105 Å². The third-order valence-electron chi connectivity index (χ3n) is 8.28. The molecule has 10 nitrogen and oxygen atoms in total. The van der Waals surface area contributed by atoms with Gasteiger partial charge in [0.05, 0.1) is 19.4 Å². The fourth-order valence-electron chi connectivity index (χ4n) is 5.54. The van der Waals surface area contributed by atoms with Gasteiger partial charge in [-0.25, -0.2) is 4.79 Å². The highest BCUT2D eigenvalue weighted by Gasteiger charge is 2.26. The summed E-state index contributed by atoms with van der Waals surface area (Å²) in [4.78, 5) is 35.7. The molecule has 1 aliphatic rings. The molecule has 11 heteroatoms. The first-order chi connectivity index (χ1) is 23.3. The average Bonchev–Trinajstić information content (AvgIpc) is 3.00. The molecule has 0 bridgehead atoms. The zero-order valence-electron chi connectivity index (χ0n) is 31.7. The maximum atomic E-state index is 13.7. The molecular formula is C39H55N3O7Si. The molecule has 1 fully saturated rings. The van der Waals surface area contributed by atoms with E-state index in [0.717, 1.165) is 41.6 Å². The summed E-state index contributed by atoms with van der Waals surface area (Å²) in [6, 6.07) is 13.3. The summed E-state index contributed by atoms with van der Waals surface area (Å²) < 4.78 is 23.7. The van der Waals surface area contributed by atoms with Crippen LogP contribution in [0.4, 0.5) is 10.5 Å². The minimum Gasteiger partial charge on any atom is -0.494 e. The first-order valence-electron chi connectivity index (χ1n) is 17.4. The summed E-state index contributed by atoms with van der Waals surface area (Å²) in [6.07, 6.45) is 3.57. The Morgan fingerprint density at radius 1 is 0.980 bits per heavy atom. The second kappa shape index (κ2) is 16.0. The maximum absolute atomic E-state index is 13.7. The van der Waals surface area contributed by atoms with Gasteiger partial charge in [0.25, 0.3) is 5.91 Å². The highest BCUT2D eigenvalue weighted by molar-refractivity contribution is 6.69. The van der Waals surface area contributed by atoms with Gasteiger partial charge in [-0.1, -0.05) is 26.8 Å². The van der Waals surface area contributed by atoms with Crippen molar-refractivity contribution in [3.63, 3.8) is 0 Å². The Hall–Kier alpha value is -3.93. The molecule has 0 unspecified atom stereocenters. The molecule has 2 heterocycles. The number of amides is 1. The first-order valence-corrected chi connectivity index (χ1v) is 20.8. The topological polar surface area (TPSA) is 108 Å². The average molecular weight is 706 g/mol. The van der Waals surface area contributed by atoms with E-state index in [1.165, 1.54) is 0 Å². The van der Waals surface area contributed by atoms with Crippen molar-refractivity contribution in [1.82, 2.24) is 10.0 Å². The zero-order chi connectivity index (χ0) is 36.9. The molecule has 0 saturated carbocycles. The van der Waals surface area contributed by atoms with Gasteiger partial charge < -0.3 is 28.8 Å². The molecule has 1 aliphatic heterocycles. The molecule has 0 aliphatic carbocycles. The Bertz CT molecular complexity index is 1650. The zero-order valence-corrected chi connectivity index (χ0v) is 32.7.